The molecule has 0 radical (unpaired) electrons. The average Bonchev–Trinajstić information content (AvgIpc) is 0.805. The standard InChI is InChI=1S/C21H17Cl2N5O5.C21H18Cl2N4O7.C20H18Cl2N4O5/c22-15-7-13(28-21(31)25-20(30)17(9-24)26-28)8-16(23)19(15)33-14-1-2-18(29)27(11-14)10-12-3-5-32-6-4-12;22-14-7-12(27-21(32)24-19(29)17(25-27)20(30)31)8-15(23)18(14)34-13-1-2-16(28)26(10-13)9-11-3-5-33-6-4-11;21-15-7-13(26-20(29)24-17(27)9-23-26)8-16(22)19(15)31-14-1-2-18(28)25(11-14)10-12-3-5-30-6-4-12/h1-2,7-8,11-12H,3-6,10H2,(H,25,30,31);1-2,7-8,10-11H,3-6,9H2,(H,30,31)(H,24,29,32);1-2,7-9,11-12H,3-6,10H2,(H,24,27,29). The van der Waals surface area contributed by atoms with Crippen molar-refractivity contribution in [2.75, 3.05) is 39.6 Å². The first-order valence-corrected chi connectivity index (χ1v) is 31.9. The Balaban J connectivity index is 0.000000159. The summed E-state index contributed by atoms with van der Waals surface area (Å²) in [7, 11) is 0. The third kappa shape index (κ3) is 17.7. The highest BCUT2D eigenvalue weighted by Gasteiger charge is 2.23. The normalized spacial score (nSPS) is 14.3. The van der Waals surface area contributed by atoms with Crippen LogP contribution in [0.4, 0.5) is 0 Å². The molecule has 510 valence electrons. The molecule has 0 bridgehead atoms. The van der Waals surface area contributed by atoms with Crippen molar-refractivity contribution in [2.24, 2.45) is 17.8 Å². The summed E-state index contributed by atoms with van der Waals surface area (Å²) in [6, 6.07) is 18.5. The van der Waals surface area contributed by atoms with E-state index < -0.39 is 51.1 Å². The number of carboxylic acid groups (broad SMARTS) is 1. The maximum atomic E-state index is 12.3. The second-order valence-corrected chi connectivity index (χ2v) is 24.5. The van der Waals surface area contributed by atoms with Gasteiger partial charge in [-0.3, -0.25) is 43.7 Å². The number of nitrogens with one attached hydrogen (secondary N) is 3. The first-order valence-electron chi connectivity index (χ1n) is 29.6. The van der Waals surface area contributed by atoms with Gasteiger partial charge in [0.25, 0.3) is 33.4 Å². The zero-order valence-corrected chi connectivity index (χ0v) is 55.3. The zero-order chi connectivity index (χ0) is 69.9. The number of pyridine rings is 3. The number of carboxylic acids is 1. The molecule has 0 unspecified atom stereocenters. The van der Waals surface area contributed by atoms with E-state index in [4.69, 9.17) is 108 Å². The van der Waals surface area contributed by atoms with E-state index in [1.807, 2.05) is 9.97 Å². The van der Waals surface area contributed by atoms with Crippen LogP contribution >= 0.6 is 69.6 Å². The number of halogens is 6. The number of rotatable bonds is 16. The van der Waals surface area contributed by atoms with E-state index >= 15 is 0 Å². The van der Waals surface area contributed by atoms with Crippen LogP contribution in [0.2, 0.25) is 30.1 Å². The molecule has 98 heavy (non-hydrogen) atoms. The minimum atomic E-state index is -1.61. The average molecular weight is 1460 g/mol. The molecule has 0 aliphatic carbocycles. The molecule has 9 aromatic rings. The minimum absolute atomic E-state index is 0.00980. The summed E-state index contributed by atoms with van der Waals surface area (Å²) in [5.41, 5.74) is -6.65. The topological polar surface area (TPSA) is 386 Å². The number of H-pyrrole nitrogens is 3. The number of hydrogen-bond donors (Lipinski definition) is 4. The fraction of sp³-hybridized carbons (Fsp3) is 0.290. The van der Waals surface area contributed by atoms with Crippen molar-refractivity contribution in [3.63, 3.8) is 0 Å². The second-order valence-electron chi connectivity index (χ2n) is 22.1. The van der Waals surface area contributed by atoms with Crippen LogP contribution in [0, 0.1) is 29.1 Å². The summed E-state index contributed by atoms with van der Waals surface area (Å²) in [6.07, 6.45) is 11.0. The molecule has 0 spiro atoms. The number of nitriles is 1. The van der Waals surface area contributed by atoms with E-state index in [-0.39, 0.29) is 81.1 Å². The fourth-order valence-corrected chi connectivity index (χ4v) is 12.0. The number of aromatic amines is 3. The van der Waals surface area contributed by atoms with E-state index in [0.29, 0.717) is 99.0 Å². The summed E-state index contributed by atoms with van der Waals surface area (Å²) in [4.78, 5) is 125. The Kier molecular flexibility index (Phi) is 23.3. The van der Waals surface area contributed by atoms with Crippen LogP contribution in [0.1, 0.15) is 54.7 Å². The lowest BCUT2D eigenvalue weighted by atomic mass is 10.0. The van der Waals surface area contributed by atoms with Gasteiger partial charge in [-0.2, -0.15) is 29.5 Å². The van der Waals surface area contributed by atoms with Gasteiger partial charge >= 0.3 is 23.0 Å². The summed E-state index contributed by atoms with van der Waals surface area (Å²) < 4.78 is 40.7. The number of aromatic carboxylic acids is 1. The monoisotopic (exact) mass is 1460 g/mol. The molecule has 3 aliphatic rings. The van der Waals surface area contributed by atoms with Crippen molar-refractivity contribution < 1.29 is 38.3 Å². The SMILES string of the molecule is N#Cc1nn(-c2cc(Cl)c(Oc3ccc(=O)n(CC4CCOCC4)c3)c(Cl)c2)c(=O)[nH]c1=O.O=C(O)c1nn(-c2cc(Cl)c(Oc3ccc(=O)n(CC4CCOCC4)c3)c(Cl)c2)c(=O)[nH]c1=O.O=c1cnn(-c2cc(Cl)c(Oc3ccc(=O)n(CC4CCOCC4)c3)c(Cl)c2)c(=O)[nH]1. The lowest BCUT2D eigenvalue weighted by Gasteiger charge is -2.23. The minimum Gasteiger partial charge on any atom is -0.476 e. The largest absolute Gasteiger partial charge is 0.476 e. The molecule has 3 saturated heterocycles. The Hall–Kier alpha value is -9.68. The van der Waals surface area contributed by atoms with E-state index in [0.717, 1.165) is 54.1 Å². The molecule has 3 aliphatic heterocycles. The molecule has 0 amide bonds. The predicted octanol–water partition coefficient (Wildman–Crippen LogP) is 7.39. The number of benzene rings is 3. The van der Waals surface area contributed by atoms with Gasteiger partial charge in [0.2, 0.25) is 11.4 Å². The van der Waals surface area contributed by atoms with Crippen LogP contribution in [0.5, 0.6) is 34.5 Å². The maximum Gasteiger partial charge on any atom is 0.362 e. The number of hydrogen-bond acceptors (Lipinski definition) is 20. The van der Waals surface area contributed by atoms with Gasteiger partial charge in [-0.1, -0.05) is 69.6 Å². The Morgan fingerprint density at radius 3 is 1.15 bits per heavy atom. The smallest absolute Gasteiger partial charge is 0.362 e. The van der Waals surface area contributed by atoms with Gasteiger partial charge in [-0.15, -0.1) is 5.10 Å². The molecule has 0 saturated carbocycles. The van der Waals surface area contributed by atoms with E-state index in [9.17, 15) is 47.9 Å². The maximum absolute atomic E-state index is 12.3. The summed E-state index contributed by atoms with van der Waals surface area (Å²) >= 11 is 38.0. The van der Waals surface area contributed by atoms with Crippen molar-refractivity contribution in [3.8, 4) is 57.6 Å². The van der Waals surface area contributed by atoms with Crippen LogP contribution in [0.15, 0.2) is 141 Å². The van der Waals surface area contributed by atoms with E-state index in [1.165, 1.54) is 72.8 Å². The van der Waals surface area contributed by atoms with Gasteiger partial charge in [0.1, 0.15) is 29.5 Å². The highest BCUT2D eigenvalue weighted by molar-refractivity contribution is 6.38. The lowest BCUT2D eigenvalue weighted by molar-refractivity contribution is 0.0608. The van der Waals surface area contributed by atoms with Gasteiger partial charge in [-0.05, 0) is 111 Å². The molecular weight excluding hydrogens is 1410 g/mol. The zero-order valence-electron chi connectivity index (χ0n) is 50.8. The van der Waals surface area contributed by atoms with Crippen LogP contribution in [0.3, 0.4) is 0 Å². The Morgan fingerprint density at radius 2 is 0.816 bits per heavy atom. The van der Waals surface area contributed by atoms with Crippen molar-refractivity contribution >= 4 is 75.6 Å². The fourth-order valence-electron chi connectivity index (χ4n) is 10.3. The van der Waals surface area contributed by atoms with Crippen LogP contribution in [-0.2, 0) is 33.8 Å². The molecule has 0 atom stereocenters. The van der Waals surface area contributed by atoms with Crippen molar-refractivity contribution in [1.29, 1.82) is 5.26 Å². The van der Waals surface area contributed by atoms with Gasteiger partial charge < -0.3 is 47.2 Å². The molecule has 6 aromatic heterocycles. The first-order chi connectivity index (χ1) is 47.0. The quantitative estimate of drug-likeness (QED) is 0.0732. The number of aromatic nitrogens is 12. The van der Waals surface area contributed by atoms with Crippen molar-refractivity contribution in [2.45, 2.75) is 58.2 Å². The third-order valence-electron chi connectivity index (χ3n) is 15.3. The van der Waals surface area contributed by atoms with Gasteiger partial charge in [0.05, 0.1) is 47.2 Å². The Bertz CT molecular complexity index is 5050. The van der Waals surface area contributed by atoms with Gasteiger partial charge in [0.15, 0.2) is 17.2 Å². The Labute approximate surface area is 579 Å². The second kappa shape index (κ2) is 32.1. The Morgan fingerprint density at radius 1 is 0.490 bits per heavy atom. The summed E-state index contributed by atoms with van der Waals surface area (Å²) in [5.74, 6) is 0.782. The molecule has 30 nitrogen and oxygen atoms in total. The van der Waals surface area contributed by atoms with Crippen LogP contribution in [-0.4, -0.2) is 109 Å². The van der Waals surface area contributed by atoms with Crippen molar-refractivity contribution in [1.82, 2.24) is 58.0 Å². The molecule has 9 heterocycles. The molecule has 3 aromatic carbocycles. The van der Waals surface area contributed by atoms with Crippen molar-refractivity contribution in [3.05, 3.63) is 233 Å². The molecule has 3 fully saturated rings. The summed E-state index contributed by atoms with van der Waals surface area (Å²) in [6.45, 7) is 5.70. The van der Waals surface area contributed by atoms with Crippen LogP contribution < -0.4 is 64.6 Å². The van der Waals surface area contributed by atoms with E-state index in [1.54, 1.807) is 38.4 Å². The van der Waals surface area contributed by atoms with Crippen LogP contribution in [0.25, 0.3) is 17.1 Å². The summed E-state index contributed by atoms with van der Waals surface area (Å²) in [5, 5.41) is 29.5. The first kappa shape index (κ1) is 71.1. The lowest BCUT2D eigenvalue weighted by Crippen LogP contribution is -2.35. The molecule has 4 N–H and O–H groups in total. The molecule has 12 rings (SSSR count). The number of nitrogens with zero attached hydrogens (tertiary/aromatic N) is 10. The highest BCUT2D eigenvalue weighted by Crippen LogP contribution is 2.41. The van der Waals surface area contributed by atoms with Gasteiger partial charge in [0, 0.05) is 96.1 Å². The predicted molar refractivity (Wildman–Crippen MR) is 356 cm³/mol. The molecule has 36 heteroatoms. The third-order valence-corrected chi connectivity index (χ3v) is 17.0. The highest BCUT2D eigenvalue weighted by atomic mass is 35.5. The van der Waals surface area contributed by atoms with E-state index in [2.05, 4.69) is 20.3 Å². The molecular formula is C62H53Cl6N13O17. The number of ether oxygens (including phenoxy) is 6. The number of carbonyl (C=O) groups is 1. The van der Waals surface area contributed by atoms with Gasteiger partial charge in [-0.25, -0.2) is 19.2 Å².